The SMILES string of the molecule is Nc1ncc(C(=O)Nc2ccc(F)c(-c3nnc4n3CCCCC4)c2)cc1Cl. The lowest BCUT2D eigenvalue weighted by Crippen LogP contribution is -2.13. The van der Waals surface area contributed by atoms with E-state index in [2.05, 4.69) is 20.5 Å². The fourth-order valence-corrected chi connectivity index (χ4v) is 3.40. The molecular weight excluding hydrogens is 383 g/mol. The van der Waals surface area contributed by atoms with E-state index in [9.17, 15) is 9.18 Å². The van der Waals surface area contributed by atoms with Crippen molar-refractivity contribution in [1.82, 2.24) is 19.7 Å². The van der Waals surface area contributed by atoms with Gasteiger partial charge in [0, 0.05) is 24.8 Å². The summed E-state index contributed by atoms with van der Waals surface area (Å²) in [5.74, 6) is 0.642. The molecule has 0 atom stereocenters. The van der Waals surface area contributed by atoms with Gasteiger partial charge in [0.25, 0.3) is 5.91 Å². The maximum Gasteiger partial charge on any atom is 0.257 e. The number of aromatic nitrogens is 4. The third-order valence-electron chi connectivity index (χ3n) is 4.71. The van der Waals surface area contributed by atoms with Crippen LogP contribution in [-0.2, 0) is 13.0 Å². The number of pyridine rings is 1. The Balaban J connectivity index is 1.63. The number of benzene rings is 1. The first-order valence-corrected chi connectivity index (χ1v) is 9.35. The molecule has 9 heteroatoms. The van der Waals surface area contributed by atoms with E-state index in [0.717, 1.165) is 38.1 Å². The molecule has 0 radical (unpaired) electrons. The third-order valence-corrected chi connectivity index (χ3v) is 5.01. The van der Waals surface area contributed by atoms with Crippen molar-refractivity contribution in [3.63, 3.8) is 0 Å². The number of rotatable bonds is 3. The van der Waals surface area contributed by atoms with E-state index >= 15 is 0 Å². The molecule has 1 aromatic carbocycles. The summed E-state index contributed by atoms with van der Waals surface area (Å²) in [5.41, 5.74) is 6.55. The van der Waals surface area contributed by atoms with Gasteiger partial charge in [-0.3, -0.25) is 4.79 Å². The van der Waals surface area contributed by atoms with Crippen LogP contribution in [0.1, 0.15) is 35.4 Å². The number of carbonyl (C=O) groups excluding carboxylic acids is 1. The molecule has 1 amide bonds. The van der Waals surface area contributed by atoms with Crippen LogP contribution >= 0.6 is 11.6 Å². The van der Waals surface area contributed by atoms with Crippen LogP contribution < -0.4 is 11.1 Å². The molecule has 3 N–H and O–H groups in total. The van der Waals surface area contributed by atoms with Crippen LogP contribution in [0.25, 0.3) is 11.4 Å². The molecule has 1 aliphatic heterocycles. The number of hydrogen-bond acceptors (Lipinski definition) is 5. The standard InChI is InChI=1S/C19H18ClFN6O/c20-14-8-11(10-23-17(14)22)19(28)24-12-5-6-15(21)13(9-12)18-26-25-16-4-2-1-3-7-27(16)18/h5-6,8-10H,1-4,7H2,(H2,22,23)(H,24,28). The lowest BCUT2D eigenvalue weighted by molar-refractivity contribution is 0.102. The molecule has 1 aliphatic rings. The highest BCUT2D eigenvalue weighted by Gasteiger charge is 2.19. The Morgan fingerprint density at radius 1 is 1.21 bits per heavy atom. The molecule has 3 aromatic rings. The van der Waals surface area contributed by atoms with Gasteiger partial charge in [0.05, 0.1) is 16.1 Å². The van der Waals surface area contributed by atoms with Gasteiger partial charge in [0.1, 0.15) is 17.5 Å². The van der Waals surface area contributed by atoms with Crippen LogP contribution in [0.5, 0.6) is 0 Å². The van der Waals surface area contributed by atoms with Crippen LogP contribution in [0, 0.1) is 5.82 Å². The predicted octanol–water partition coefficient (Wildman–Crippen LogP) is 3.69. The molecule has 144 valence electrons. The summed E-state index contributed by atoms with van der Waals surface area (Å²) in [4.78, 5) is 16.3. The fraction of sp³-hybridized carbons (Fsp3) is 0.263. The number of amides is 1. The smallest absolute Gasteiger partial charge is 0.257 e. The normalized spacial score (nSPS) is 13.6. The summed E-state index contributed by atoms with van der Waals surface area (Å²) >= 11 is 5.92. The Hall–Kier alpha value is -3.00. The monoisotopic (exact) mass is 400 g/mol. The Morgan fingerprint density at radius 2 is 2.07 bits per heavy atom. The Morgan fingerprint density at radius 3 is 2.89 bits per heavy atom. The van der Waals surface area contributed by atoms with Gasteiger partial charge >= 0.3 is 0 Å². The number of fused-ring (bicyclic) bond motifs is 1. The zero-order chi connectivity index (χ0) is 19.7. The number of carbonyl (C=O) groups is 1. The minimum absolute atomic E-state index is 0.148. The summed E-state index contributed by atoms with van der Waals surface area (Å²) in [6.45, 7) is 0.753. The molecular formula is C19H18ClFN6O. The maximum atomic E-state index is 14.5. The van der Waals surface area contributed by atoms with E-state index in [1.54, 1.807) is 6.07 Å². The molecule has 0 unspecified atom stereocenters. The quantitative estimate of drug-likeness (QED) is 0.698. The van der Waals surface area contributed by atoms with Crippen LogP contribution in [0.4, 0.5) is 15.9 Å². The van der Waals surface area contributed by atoms with Crippen molar-refractivity contribution in [2.24, 2.45) is 0 Å². The second-order valence-corrected chi connectivity index (χ2v) is 7.05. The summed E-state index contributed by atoms with van der Waals surface area (Å²) in [6, 6.07) is 5.78. The molecule has 2 aromatic heterocycles. The average molecular weight is 401 g/mol. The zero-order valence-electron chi connectivity index (χ0n) is 15.0. The minimum atomic E-state index is -0.424. The fourth-order valence-electron chi connectivity index (χ4n) is 3.23. The van der Waals surface area contributed by atoms with Gasteiger partial charge in [0.2, 0.25) is 0 Å². The molecule has 3 heterocycles. The van der Waals surface area contributed by atoms with Crippen molar-refractivity contribution >= 4 is 29.0 Å². The maximum absolute atomic E-state index is 14.5. The Kier molecular flexibility index (Phi) is 4.95. The molecule has 0 bridgehead atoms. The van der Waals surface area contributed by atoms with Crippen LogP contribution in [0.3, 0.4) is 0 Å². The van der Waals surface area contributed by atoms with Gasteiger partial charge in [-0.2, -0.15) is 0 Å². The van der Waals surface area contributed by atoms with E-state index in [4.69, 9.17) is 17.3 Å². The van der Waals surface area contributed by atoms with Gasteiger partial charge in [-0.15, -0.1) is 10.2 Å². The first-order chi connectivity index (χ1) is 13.5. The molecule has 28 heavy (non-hydrogen) atoms. The van der Waals surface area contributed by atoms with E-state index in [1.165, 1.54) is 24.4 Å². The number of aryl methyl sites for hydroxylation is 1. The minimum Gasteiger partial charge on any atom is -0.382 e. The third kappa shape index (κ3) is 3.55. The largest absolute Gasteiger partial charge is 0.382 e. The number of hydrogen-bond donors (Lipinski definition) is 2. The average Bonchev–Trinajstić information content (AvgIpc) is 2.93. The topological polar surface area (TPSA) is 98.7 Å². The molecule has 7 nitrogen and oxygen atoms in total. The lowest BCUT2D eigenvalue weighted by atomic mass is 10.1. The van der Waals surface area contributed by atoms with Crippen molar-refractivity contribution in [3.8, 4) is 11.4 Å². The Labute approximate surface area is 165 Å². The van der Waals surface area contributed by atoms with E-state index < -0.39 is 11.7 Å². The number of nitrogen functional groups attached to an aromatic ring is 1. The second kappa shape index (κ2) is 7.55. The van der Waals surface area contributed by atoms with E-state index in [0.29, 0.717) is 17.1 Å². The van der Waals surface area contributed by atoms with E-state index in [-0.39, 0.29) is 16.4 Å². The van der Waals surface area contributed by atoms with Gasteiger partial charge in [-0.25, -0.2) is 9.37 Å². The van der Waals surface area contributed by atoms with Crippen molar-refractivity contribution < 1.29 is 9.18 Å². The molecule has 0 fully saturated rings. The first-order valence-electron chi connectivity index (χ1n) is 8.97. The molecule has 4 rings (SSSR count). The second-order valence-electron chi connectivity index (χ2n) is 6.64. The Bertz CT molecular complexity index is 1050. The first kappa shape index (κ1) is 18.4. The van der Waals surface area contributed by atoms with Crippen LogP contribution in [0.15, 0.2) is 30.5 Å². The predicted molar refractivity (Wildman–Crippen MR) is 105 cm³/mol. The van der Waals surface area contributed by atoms with Crippen molar-refractivity contribution in [2.75, 3.05) is 11.1 Å². The summed E-state index contributed by atoms with van der Waals surface area (Å²) in [5, 5.41) is 11.3. The summed E-state index contributed by atoms with van der Waals surface area (Å²) < 4.78 is 16.5. The van der Waals surface area contributed by atoms with E-state index in [1.807, 2.05) is 4.57 Å². The van der Waals surface area contributed by atoms with Gasteiger partial charge in [0.15, 0.2) is 5.82 Å². The number of nitrogens with two attached hydrogens (primary N) is 1. The van der Waals surface area contributed by atoms with Gasteiger partial charge in [-0.1, -0.05) is 18.0 Å². The highest BCUT2D eigenvalue weighted by atomic mass is 35.5. The number of anilines is 2. The highest BCUT2D eigenvalue weighted by molar-refractivity contribution is 6.33. The number of nitrogens with zero attached hydrogens (tertiary/aromatic N) is 4. The molecule has 0 saturated carbocycles. The number of halogens is 2. The molecule has 0 spiro atoms. The summed E-state index contributed by atoms with van der Waals surface area (Å²) in [6.07, 6.45) is 5.32. The van der Waals surface area contributed by atoms with Crippen molar-refractivity contribution in [1.29, 1.82) is 0 Å². The number of nitrogens with one attached hydrogen (secondary N) is 1. The van der Waals surface area contributed by atoms with Crippen LogP contribution in [0.2, 0.25) is 5.02 Å². The van der Waals surface area contributed by atoms with Gasteiger partial charge < -0.3 is 15.6 Å². The summed E-state index contributed by atoms with van der Waals surface area (Å²) in [7, 11) is 0. The molecule has 0 saturated heterocycles. The van der Waals surface area contributed by atoms with Crippen molar-refractivity contribution in [3.05, 3.63) is 52.7 Å². The van der Waals surface area contributed by atoms with Crippen LogP contribution in [-0.4, -0.2) is 25.7 Å². The van der Waals surface area contributed by atoms with Crippen molar-refractivity contribution in [2.45, 2.75) is 32.2 Å². The lowest BCUT2D eigenvalue weighted by Gasteiger charge is -2.11. The zero-order valence-corrected chi connectivity index (χ0v) is 15.7. The molecule has 0 aliphatic carbocycles. The highest BCUT2D eigenvalue weighted by Crippen LogP contribution is 2.28. The van der Waals surface area contributed by atoms with Gasteiger partial charge in [-0.05, 0) is 37.1 Å².